The molecule has 1 aromatic carbocycles. The number of esters is 1. The Hall–Kier alpha value is 0.0800. The average molecular weight is 510 g/mol. The highest BCUT2D eigenvalue weighted by Gasteiger charge is 2.27. The van der Waals surface area contributed by atoms with E-state index in [9.17, 15) is 9.59 Å². The fourth-order valence-corrected chi connectivity index (χ4v) is 3.98. The molecule has 0 amide bonds. The zero-order valence-corrected chi connectivity index (χ0v) is 15.2. The number of rotatable bonds is 3. The van der Waals surface area contributed by atoms with E-state index < -0.39 is 11.9 Å². The molecule has 0 bridgehead atoms. The van der Waals surface area contributed by atoms with Crippen molar-refractivity contribution in [3.8, 4) is 0 Å². The molecule has 98 valence electrons. The van der Waals surface area contributed by atoms with Gasteiger partial charge in [-0.15, -0.1) is 0 Å². The molecule has 0 saturated carbocycles. The Bertz CT molecular complexity index is 498. The molecule has 0 saturated heterocycles. The van der Waals surface area contributed by atoms with Crippen LogP contribution in [0, 0.1) is 0 Å². The van der Waals surface area contributed by atoms with E-state index in [1.165, 1.54) is 0 Å². The molecule has 1 N–H and O–H groups in total. The van der Waals surface area contributed by atoms with Crippen molar-refractivity contribution in [2.75, 3.05) is 6.61 Å². The van der Waals surface area contributed by atoms with Crippen molar-refractivity contribution in [2.45, 2.75) is 6.92 Å². The van der Waals surface area contributed by atoms with Crippen LogP contribution >= 0.6 is 63.7 Å². The number of carbonyl (C=O) groups is 2. The largest absolute Gasteiger partial charge is 0.478 e. The number of hydrogen-bond donors (Lipinski definition) is 1. The first kappa shape index (κ1) is 16.1. The molecule has 1 aromatic rings. The lowest BCUT2D eigenvalue weighted by Crippen LogP contribution is -2.10. The van der Waals surface area contributed by atoms with Crippen molar-refractivity contribution in [3.63, 3.8) is 0 Å². The summed E-state index contributed by atoms with van der Waals surface area (Å²) in [6, 6.07) is 0. The summed E-state index contributed by atoms with van der Waals surface area (Å²) in [7, 11) is 0. The summed E-state index contributed by atoms with van der Waals surface area (Å²) in [4.78, 5) is 22.9. The minimum Gasteiger partial charge on any atom is -0.478 e. The topological polar surface area (TPSA) is 63.6 Å². The summed E-state index contributed by atoms with van der Waals surface area (Å²) in [6.45, 7) is 1.92. The fourth-order valence-electron chi connectivity index (χ4n) is 1.20. The number of aromatic carboxylic acids is 1. The monoisotopic (exact) mass is 506 g/mol. The van der Waals surface area contributed by atoms with Crippen molar-refractivity contribution >= 4 is 75.7 Å². The Labute approximate surface area is 137 Å². The van der Waals surface area contributed by atoms with E-state index in [4.69, 9.17) is 9.84 Å². The average Bonchev–Trinajstić information content (AvgIpc) is 2.27. The molecule has 4 nitrogen and oxygen atoms in total. The molecule has 18 heavy (non-hydrogen) atoms. The Morgan fingerprint density at radius 2 is 1.39 bits per heavy atom. The number of ether oxygens (including phenoxy) is 1. The van der Waals surface area contributed by atoms with E-state index in [2.05, 4.69) is 63.7 Å². The highest BCUT2D eigenvalue weighted by atomic mass is 79.9. The second-order valence-electron chi connectivity index (χ2n) is 3.03. The molecule has 0 aliphatic heterocycles. The maximum Gasteiger partial charge on any atom is 0.340 e. The van der Waals surface area contributed by atoms with Crippen LogP contribution in [0.3, 0.4) is 0 Å². The molecule has 0 aliphatic rings. The van der Waals surface area contributed by atoms with Gasteiger partial charge in [0, 0.05) is 17.9 Å². The van der Waals surface area contributed by atoms with Crippen LogP contribution < -0.4 is 0 Å². The lowest BCUT2D eigenvalue weighted by molar-refractivity contribution is 0.0522. The third kappa shape index (κ3) is 2.97. The first-order valence-electron chi connectivity index (χ1n) is 4.59. The molecule has 0 heterocycles. The number of halogens is 4. The molecular weight excluding hydrogens is 504 g/mol. The number of benzene rings is 1. The Kier molecular flexibility index (Phi) is 5.82. The van der Waals surface area contributed by atoms with E-state index >= 15 is 0 Å². The van der Waals surface area contributed by atoms with E-state index in [0.29, 0.717) is 8.95 Å². The van der Waals surface area contributed by atoms with Crippen LogP contribution in [0.2, 0.25) is 0 Å². The van der Waals surface area contributed by atoms with Gasteiger partial charge < -0.3 is 9.84 Å². The van der Waals surface area contributed by atoms with Crippen molar-refractivity contribution in [2.24, 2.45) is 0 Å². The molecule has 0 unspecified atom stereocenters. The summed E-state index contributed by atoms with van der Waals surface area (Å²) < 4.78 is 6.11. The summed E-state index contributed by atoms with van der Waals surface area (Å²) in [6.07, 6.45) is 0. The molecule has 0 aliphatic carbocycles. The lowest BCUT2D eigenvalue weighted by Gasteiger charge is -2.13. The SMILES string of the molecule is CCOC(=O)c1c(Br)c(Br)c(C(=O)O)c(Br)c1Br. The fraction of sp³-hybridized carbons (Fsp3) is 0.200. The van der Waals surface area contributed by atoms with Crippen molar-refractivity contribution in [1.29, 1.82) is 0 Å². The van der Waals surface area contributed by atoms with Crippen LogP contribution in [0.5, 0.6) is 0 Å². The van der Waals surface area contributed by atoms with Gasteiger partial charge in [0.1, 0.15) is 0 Å². The lowest BCUT2D eigenvalue weighted by atomic mass is 10.1. The second-order valence-corrected chi connectivity index (χ2v) is 6.20. The number of carboxylic acids is 1. The van der Waals surface area contributed by atoms with Crippen molar-refractivity contribution in [3.05, 3.63) is 29.0 Å². The molecular formula is C10H6Br4O4. The van der Waals surface area contributed by atoms with Crippen LogP contribution in [-0.4, -0.2) is 23.7 Å². The van der Waals surface area contributed by atoms with E-state index in [0.717, 1.165) is 0 Å². The van der Waals surface area contributed by atoms with Crippen molar-refractivity contribution in [1.82, 2.24) is 0 Å². The van der Waals surface area contributed by atoms with Gasteiger partial charge in [-0.2, -0.15) is 0 Å². The maximum atomic E-state index is 11.8. The van der Waals surface area contributed by atoms with Gasteiger partial charge in [0.2, 0.25) is 0 Å². The smallest absolute Gasteiger partial charge is 0.340 e. The normalized spacial score (nSPS) is 10.3. The zero-order valence-electron chi connectivity index (χ0n) is 8.89. The molecule has 0 atom stereocenters. The van der Waals surface area contributed by atoms with Gasteiger partial charge in [-0.25, -0.2) is 9.59 Å². The van der Waals surface area contributed by atoms with Gasteiger partial charge in [0.05, 0.1) is 17.7 Å². The van der Waals surface area contributed by atoms with Gasteiger partial charge >= 0.3 is 11.9 Å². The van der Waals surface area contributed by atoms with Gasteiger partial charge in [0.25, 0.3) is 0 Å². The molecule has 1 rings (SSSR count). The number of carboxylic acid groups (broad SMARTS) is 1. The van der Waals surface area contributed by atoms with Crippen LogP contribution in [-0.2, 0) is 4.74 Å². The van der Waals surface area contributed by atoms with Gasteiger partial charge in [-0.05, 0) is 70.6 Å². The van der Waals surface area contributed by atoms with Crippen LogP contribution in [0.1, 0.15) is 27.6 Å². The maximum absolute atomic E-state index is 11.8. The molecule has 8 heteroatoms. The van der Waals surface area contributed by atoms with Gasteiger partial charge in [0.15, 0.2) is 0 Å². The summed E-state index contributed by atoms with van der Waals surface area (Å²) in [5.41, 5.74) is 0.238. The third-order valence-corrected chi connectivity index (χ3v) is 6.19. The van der Waals surface area contributed by atoms with Crippen LogP contribution in [0.25, 0.3) is 0 Å². The molecule has 0 radical (unpaired) electrons. The summed E-state index contributed by atoms with van der Waals surface area (Å²) in [5, 5.41) is 9.11. The quantitative estimate of drug-likeness (QED) is 0.477. The Balaban J connectivity index is 3.58. The Morgan fingerprint density at radius 3 is 1.72 bits per heavy atom. The minimum atomic E-state index is -1.12. The highest BCUT2D eigenvalue weighted by Crippen LogP contribution is 2.42. The van der Waals surface area contributed by atoms with Gasteiger partial charge in [-0.1, -0.05) is 0 Å². The predicted molar refractivity (Wildman–Crippen MR) is 80.2 cm³/mol. The first-order valence-corrected chi connectivity index (χ1v) is 7.76. The van der Waals surface area contributed by atoms with Crippen LogP contribution in [0.4, 0.5) is 0 Å². The third-order valence-electron chi connectivity index (χ3n) is 1.96. The number of carbonyl (C=O) groups excluding carboxylic acids is 1. The standard InChI is InChI=1S/C10H6Br4O4/c1-2-18-10(17)4-7(13)5(11)3(9(15)16)6(12)8(4)14/h2H2,1H3,(H,15,16). The summed E-state index contributed by atoms with van der Waals surface area (Å²) in [5.74, 6) is -1.67. The second kappa shape index (κ2) is 6.49. The van der Waals surface area contributed by atoms with Crippen LogP contribution in [0.15, 0.2) is 17.9 Å². The van der Waals surface area contributed by atoms with E-state index in [1.54, 1.807) is 6.92 Å². The van der Waals surface area contributed by atoms with Gasteiger partial charge in [-0.3, -0.25) is 0 Å². The van der Waals surface area contributed by atoms with E-state index in [1.807, 2.05) is 0 Å². The zero-order chi connectivity index (χ0) is 14.0. The first-order chi connectivity index (χ1) is 8.32. The molecule has 0 fully saturated rings. The molecule has 0 aromatic heterocycles. The number of hydrogen-bond acceptors (Lipinski definition) is 3. The summed E-state index contributed by atoms with van der Waals surface area (Å²) >= 11 is 12.7. The minimum absolute atomic E-state index is 0.0156. The highest BCUT2D eigenvalue weighted by molar-refractivity contribution is 9.14. The predicted octanol–water partition coefficient (Wildman–Crippen LogP) is 4.61. The van der Waals surface area contributed by atoms with E-state index in [-0.39, 0.29) is 26.7 Å². The Morgan fingerprint density at radius 1 is 1.00 bits per heavy atom. The molecule has 0 spiro atoms. The van der Waals surface area contributed by atoms with Crippen molar-refractivity contribution < 1.29 is 19.4 Å².